The van der Waals surface area contributed by atoms with Crippen LogP contribution < -0.4 is 4.90 Å². The number of benzene rings is 3. The third-order valence-electron chi connectivity index (χ3n) is 7.15. The average Bonchev–Trinajstić information content (AvgIpc) is 3.50. The van der Waals surface area contributed by atoms with Gasteiger partial charge in [0.15, 0.2) is 0 Å². The van der Waals surface area contributed by atoms with Gasteiger partial charge < -0.3 is 0 Å². The normalized spacial score (nSPS) is 24.6. The summed E-state index contributed by atoms with van der Waals surface area (Å²) in [5, 5.41) is 11.0. The first kappa shape index (κ1) is 20.3. The molecule has 0 radical (unpaired) electrons. The van der Waals surface area contributed by atoms with Crippen molar-refractivity contribution in [2.45, 2.75) is 0 Å². The highest BCUT2D eigenvalue weighted by atomic mass is 16.6. The monoisotopic (exact) mass is 448 g/mol. The van der Waals surface area contributed by atoms with E-state index >= 15 is 0 Å². The van der Waals surface area contributed by atoms with Gasteiger partial charge in [0.25, 0.3) is 5.69 Å². The van der Waals surface area contributed by atoms with Crippen LogP contribution in [0.15, 0.2) is 103 Å². The molecule has 0 spiro atoms. The predicted molar refractivity (Wildman–Crippen MR) is 128 cm³/mol. The Morgan fingerprint density at radius 2 is 1.18 bits per heavy atom. The molecule has 2 aliphatic carbocycles. The molecule has 1 saturated carbocycles. The van der Waals surface area contributed by atoms with Crippen LogP contribution in [0.1, 0.15) is 11.1 Å². The Kier molecular flexibility index (Phi) is 4.55. The summed E-state index contributed by atoms with van der Waals surface area (Å²) in [7, 11) is 0. The van der Waals surface area contributed by atoms with Crippen LogP contribution in [0.25, 0.3) is 5.57 Å². The van der Waals surface area contributed by atoms with Crippen molar-refractivity contribution in [3.05, 3.63) is 124 Å². The maximum absolute atomic E-state index is 13.6. The molecule has 3 aromatic carbocycles. The predicted octanol–water partition coefficient (Wildman–Crippen LogP) is 5.02. The smallest absolute Gasteiger partial charge is 0.269 e. The van der Waals surface area contributed by atoms with E-state index in [4.69, 9.17) is 0 Å². The second kappa shape index (κ2) is 7.63. The molecule has 0 aromatic heterocycles. The van der Waals surface area contributed by atoms with Gasteiger partial charge in [-0.3, -0.25) is 19.7 Å². The first-order valence-electron chi connectivity index (χ1n) is 11.2. The van der Waals surface area contributed by atoms with E-state index in [0.717, 1.165) is 22.3 Å². The summed E-state index contributed by atoms with van der Waals surface area (Å²) < 4.78 is 0. The Hall–Kier alpha value is -4.32. The van der Waals surface area contributed by atoms with E-state index in [1.54, 1.807) is 0 Å². The summed E-state index contributed by atoms with van der Waals surface area (Å²) in [6.45, 7) is 0. The summed E-state index contributed by atoms with van der Waals surface area (Å²) in [4.78, 5) is 38.8. The lowest BCUT2D eigenvalue weighted by Gasteiger charge is -2.21. The Morgan fingerprint density at radius 1 is 0.706 bits per heavy atom. The lowest BCUT2D eigenvalue weighted by Crippen LogP contribution is -2.33. The number of amides is 2. The topological polar surface area (TPSA) is 80.5 Å². The fourth-order valence-corrected chi connectivity index (χ4v) is 5.78. The second-order valence-corrected chi connectivity index (χ2v) is 8.84. The molecule has 1 heterocycles. The number of fused-ring (bicyclic) bond motifs is 5. The maximum atomic E-state index is 13.6. The van der Waals surface area contributed by atoms with Crippen LogP contribution in [0.3, 0.4) is 0 Å². The quantitative estimate of drug-likeness (QED) is 0.243. The van der Waals surface area contributed by atoms with Gasteiger partial charge in [-0.05, 0) is 34.4 Å². The number of carbonyl (C=O) groups excluding carboxylic acids is 2. The number of nitro groups is 1. The molecule has 1 saturated heterocycles. The number of rotatable bonds is 4. The molecule has 4 atom stereocenters. The molecule has 0 unspecified atom stereocenters. The van der Waals surface area contributed by atoms with E-state index in [1.165, 1.54) is 29.2 Å². The number of nitrogens with zero attached hydrogens (tertiary/aromatic N) is 2. The standard InChI is InChI=1S/C28H20N2O4/c31-27-25-21-15-16-22(26(25)28(32)29(27)19-11-13-20(14-12-19)30(33)34)24(21)23(17-7-3-1-4-8-17)18-9-5-2-6-10-18/h1-16,21-22,25-26H/t21-,22-,25-,26+/m0/s1. The molecular formula is C28H20N2O4. The first-order valence-corrected chi connectivity index (χ1v) is 11.2. The molecular weight excluding hydrogens is 428 g/mol. The Labute approximate surface area is 196 Å². The number of allylic oxidation sites excluding steroid dienone is 3. The highest BCUT2D eigenvalue weighted by Crippen LogP contribution is 2.58. The number of hydrogen-bond acceptors (Lipinski definition) is 4. The van der Waals surface area contributed by atoms with Gasteiger partial charge in [0, 0.05) is 24.0 Å². The number of imide groups is 1. The van der Waals surface area contributed by atoms with Crippen LogP contribution in [-0.2, 0) is 9.59 Å². The highest BCUT2D eigenvalue weighted by Gasteiger charge is 2.62. The number of non-ortho nitro benzene ring substituents is 1. The minimum Gasteiger partial charge on any atom is -0.274 e. The molecule has 0 N–H and O–H groups in total. The van der Waals surface area contributed by atoms with Crippen LogP contribution in [0.2, 0.25) is 0 Å². The van der Waals surface area contributed by atoms with Gasteiger partial charge in [0.1, 0.15) is 0 Å². The average molecular weight is 448 g/mol. The van der Waals surface area contributed by atoms with Gasteiger partial charge in [-0.15, -0.1) is 0 Å². The van der Waals surface area contributed by atoms with Crippen molar-refractivity contribution >= 4 is 28.8 Å². The third-order valence-corrected chi connectivity index (χ3v) is 7.15. The third kappa shape index (κ3) is 2.88. The molecule has 166 valence electrons. The number of anilines is 1. The first-order chi connectivity index (χ1) is 16.6. The fourth-order valence-electron chi connectivity index (χ4n) is 5.78. The van der Waals surface area contributed by atoms with Gasteiger partial charge in [0.2, 0.25) is 11.8 Å². The van der Waals surface area contributed by atoms with E-state index in [-0.39, 0.29) is 29.3 Å². The minimum absolute atomic E-state index is 0.0784. The summed E-state index contributed by atoms with van der Waals surface area (Å²) in [6, 6.07) is 25.8. The van der Waals surface area contributed by atoms with Crippen LogP contribution in [-0.4, -0.2) is 16.7 Å². The maximum Gasteiger partial charge on any atom is 0.269 e. The summed E-state index contributed by atoms with van der Waals surface area (Å²) in [5.74, 6) is -1.72. The Bertz CT molecular complexity index is 1300. The molecule has 3 aliphatic rings. The summed E-state index contributed by atoms with van der Waals surface area (Å²) in [6.07, 6.45) is 4.13. The molecule has 1 aliphatic heterocycles. The van der Waals surface area contributed by atoms with Gasteiger partial charge in [-0.25, -0.2) is 4.90 Å². The van der Waals surface area contributed by atoms with E-state index in [9.17, 15) is 19.7 Å². The van der Waals surface area contributed by atoms with Crippen molar-refractivity contribution in [3.8, 4) is 0 Å². The Balaban J connectivity index is 1.44. The van der Waals surface area contributed by atoms with E-state index in [0.29, 0.717) is 5.69 Å². The molecule has 6 nitrogen and oxygen atoms in total. The van der Waals surface area contributed by atoms with Crippen molar-refractivity contribution in [2.24, 2.45) is 23.7 Å². The molecule has 6 heteroatoms. The van der Waals surface area contributed by atoms with Crippen LogP contribution in [0.4, 0.5) is 11.4 Å². The summed E-state index contributed by atoms with van der Waals surface area (Å²) >= 11 is 0. The zero-order valence-corrected chi connectivity index (χ0v) is 18.1. The van der Waals surface area contributed by atoms with E-state index < -0.39 is 16.8 Å². The SMILES string of the molecule is O=C1[C@@H]2[C@H](C(=O)N1c1ccc([N+](=O)[O-])cc1)[C@H]1C=C[C@H]2C1=C(c1ccccc1)c1ccccc1. The van der Waals surface area contributed by atoms with Crippen LogP contribution in [0.5, 0.6) is 0 Å². The minimum atomic E-state index is -0.498. The Morgan fingerprint density at radius 3 is 1.62 bits per heavy atom. The van der Waals surface area contributed by atoms with E-state index in [2.05, 4.69) is 36.4 Å². The van der Waals surface area contributed by atoms with Crippen LogP contribution in [0, 0.1) is 33.8 Å². The van der Waals surface area contributed by atoms with Gasteiger partial charge in [0.05, 0.1) is 22.4 Å². The molecule has 6 rings (SSSR count). The zero-order valence-electron chi connectivity index (χ0n) is 18.1. The van der Waals surface area contributed by atoms with Gasteiger partial charge in [-0.1, -0.05) is 72.8 Å². The lowest BCUT2D eigenvalue weighted by molar-refractivity contribution is -0.384. The number of nitro benzene ring substituents is 1. The highest BCUT2D eigenvalue weighted by molar-refractivity contribution is 6.23. The molecule has 2 fully saturated rings. The van der Waals surface area contributed by atoms with Gasteiger partial charge in [-0.2, -0.15) is 0 Å². The van der Waals surface area contributed by atoms with Crippen LogP contribution >= 0.6 is 0 Å². The van der Waals surface area contributed by atoms with Crippen molar-refractivity contribution in [1.29, 1.82) is 0 Å². The fraction of sp³-hybridized carbons (Fsp3) is 0.143. The van der Waals surface area contributed by atoms with Crippen molar-refractivity contribution < 1.29 is 14.5 Å². The summed E-state index contributed by atoms with van der Waals surface area (Å²) in [5.41, 5.74) is 4.64. The molecule has 3 aromatic rings. The zero-order chi connectivity index (χ0) is 23.4. The second-order valence-electron chi connectivity index (χ2n) is 8.84. The van der Waals surface area contributed by atoms with Gasteiger partial charge >= 0.3 is 0 Å². The van der Waals surface area contributed by atoms with Crippen molar-refractivity contribution in [1.82, 2.24) is 0 Å². The van der Waals surface area contributed by atoms with Crippen molar-refractivity contribution in [2.75, 3.05) is 4.90 Å². The molecule has 2 amide bonds. The van der Waals surface area contributed by atoms with Crippen molar-refractivity contribution in [3.63, 3.8) is 0 Å². The molecule has 34 heavy (non-hydrogen) atoms. The molecule has 2 bridgehead atoms. The number of hydrogen-bond donors (Lipinski definition) is 0. The lowest BCUT2D eigenvalue weighted by atomic mass is 9.85. The number of carbonyl (C=O) groups is 2. The van der Waals surface area contributed by atoms with E-state index in [1.807, 2.05) is 36.4 Å². The largest absolute Gasteiger partial charge is 0.274 e.